The first-order valence-electron chi connectivity index (χ1n) is 6.38. The maximum Gasteiger partial charge on any atom is 0.270 e. The number of carbonyl (C=O) groups is 1. The zero-order chi connectivity index (χ0) is 15.8. The molecule has 0 radical (unpaired) electrons. The molecule has 1 aromatic carbocycles. The largest absolute Gasteiger partial charge is 0.481 e. The van der Waals surface area contributed by atoms with E-state index in [1.807, 2.05) is 0 Å². The predicted octanol–water partition coefficient (Wildman–Crippen LogP) is 0.583. The van der Waals surface area contributed by atoms with E-state index in [1.165, 1.54) is 25.1 Å². The molecule has 3 N–H and O–H groups in total. The summed E-state index contributed by atoms with van der Waals surface area (Å²) < 4.78 is 10.3. The van der Waals surface area contributed by atoms with Gasteiger partial charge in [-0.25, -0.2) is 0 Å². The van der Waals surface area contributed by atoms with Crippen LogP contribution in [0.2, 0.25) is 0 Å². The summed E-state index contributed by atoms with van der Waals surface area (Å²) in [6.07, 6.45) is -0.816. The van der Waals surface area contributed by atoms with Gasteiger partial charge in [0.15, 0.2) is 6.10 Å². The fraction of sp³-hybridized carbons (Fsp3) is 0.462. The predicted molar refractivity (Wildman–Crippen MR) is 76.0 cm³/mol. The summed E-state index contributed by atoms with van der Waals surface area (Å²) in [5, 5.41) is 13.9. The van der Waals surface area contributed by atoms with Crippen molar-refractivity contribution in [3.63, 3.8) is 0 Å². The third-order valence-corrected chi connectivity index (χ3v) is 2.76. The van der Waals surface area contributed by atoms with Crippen LogP contribution in [0.5, 0.6) is 5.75 Å². The van der Waals surface area contributed by atoms with Crippen LogP contribution in [0, 0.1) is 10.1 Å². The third-order valence-electron chi connectivity index (χ3n) is 2.76. The van der Waals surface area contributed by atoms with Crippen LogP contribution in [-0.2, 0) is 16.1 Å². The Kier molecular flexibility index (Phi) is 6.57. The van der Waals surface area contributed by atoms with E-state index in [9.17, 15) is 14.9 Å². The fourth-order valence-electron chi connectivity index (χ4n) is 1.58. The van der Waals surface area contributed by atoms with E-state index in [2.05, 4.69) is 5.32 Å². The molecule has 1 aromatic rings. The molecule has 116 valence electrons. The molecule has 0 fully saturated rings. The van der Waals surface area contributed by atoms with Crippen molar-refractivity contribution in [3.8, 4) is 5.75 Å². The Balaban J connectivity index is 2.88. The monoisotopic (exact) mass is 297 g/mol. The summed E-state index contributed by atoms with van der Waals surface area (Å²) in [6.45, 7) is 2.98. The zero-order valence-electron chi connectivity index (χ0n) is 12.0. The summed E-state index contributed by atoms with van der Waals surface area (Å²) in [5.74, 6) is -0.219. The number of primary amides is 1. The Bertz CT molecular complexity index is 507. The van der Waals surface area contributed by atoms with Gasteiger partial charge in [0, 0.05) is 37.9 Å². The molecule has 0 aliphatic heterocycles. The molecule has 8 heteroatoms. The van der Waals surface area contributed by atoms with Crippen molar-refractivity contribution in [2.75, 3.05) is 20.3 Å². The molecule has 8 nitrogen and oxygen atoms in total. The molecule has 0 bridgehead atoms. The average molecular weight is 297 g/mol. The number of nitro groups is 1. The number of hydrogen-bond donors (Lipinski definition) is 2. The first kappa shape index (κ1) is 16.9. The van der Waals surface area contributed by atoms with Crippen LogP contribution in [-0.4, -0.2) is 37.2 Å². The van der Waals surface area contributed by atoms with E-state index in [-0.39, 0.29) is 5.69 Å². The number of amides is 1. The molecule has 0 saturated carbocycles. The number of rotatable bonds is 9. The van der Waals surface area contributed by atoms with Crippen LogP contribution in [0.3, 0.4) is 0 Å². The highest BCUT2D eigenvalue weighted by molar-refractivity contribution is 5.78. The topological polar surface area (TPSA) is 117 Å². The summed E-state index contributed by atoms with van der Waals surface area (Å²) in [6, 6.07) is 4.19. The molecular formula is C13H19N3O5. The van der Waals surface area contributed by atoms with Crippen LogP contribution in [0.15, 0.2) is 18.2 Å². The second-order valence-corrected chi connectivity index (χ2v) is 4.38. The van der Waals surface area contributed by atoms with Crippen LogP contribution in [0.1, 0.15) is 12.5 Å². The van der Waals surface area contributed by atoms with Crippen LogP contribution in [0.4, 0.5) is 5.69 Å². The Morgan fingerprint density at radius 3 is 2.81 bits per heavy atom. The minimum atomic E-state index is -0.816. The molecule has 0 saturated heterocycles. The van der Waals surface area contributed by atoms with Crippen molar-refractivity contribution in [1.29, 1.82) is 0 Å². The highest BCUT2D eigenvalue weighted by Crippen LogP contribution is 2.25. The van der Waals surface area contributed by atoms with Crippen molar-refractivity contribution in [2.24, 2.45) is 5.73 Å². The molecule has 0 aliphatic carbocycles. The van der Waals surface area contributed by atoms with E-state index >= 15 is 0 Å². The Morgan fingerprint density at radius 1 is 1.52 bits per heavy atom. The smallest absolute Gasteiger partial charge is 0.270 e. The molecule has 1 rings (SSSR count). The molecule has 0 aliphatic rings. The number of nitrogens with one attached hydrogen (secondary N) is 1. The number of methoxy groups -OCH3 is 1. The van der Waals surface area contributed by atoms with Gasteiger partial charge in [-0.3, -0.25) is 14.9 Å². The highest BCUT2D eigenvalue weighted by atomic mass is 16.6. The van der Waals surface area contributed by atoms with E-state index in [1.54, 1.807) is 7.11 Å². The minimum Gasteiger partial charge on any atom is -0.481 e. The average Bonchev–Trinajstić information content (AvgIpc) is 2.44. The molecule has 21 heavy (non-hydrogen) atoms. The first-order chi connectivity index (χ1) is 9.95. The van der Waals surface area contributed by atoms with Gasteiger partial charge in [-0.1, -0.05) is 0 Å². The van der Waals surface area contributed by atoms with Gasteiger partial charge in [-0.05, 0) is 13.0 Å². The lowest BCUT2D eigenvalue weighted by Gasteiger charge is -2.15. The van der Waals surface area contributed by atoms with Gasteiger partial charge in [0.05, 0.1) is 11.5 Å². The Morgan fingerprint density at radius 2 is 2.24 bits per heavy atom. The molecule has 0 spiro atoms. The van der Waals surface area contributed by atoms with Gasteiger partial charge in [-0.2, -0.15) is 0 Å². The van der Waals surface area contributed by atoms with Gasteiger partial charge in [0.2, 0.25) is 0 Å². The van der Waals surface area contributed by atoms with Crippen molar-refractivity contribution >= 4 is 11.6 Å². The Hall–Kier alpha value is -2.19. The number of nitro benzene ring substituents is 1. The van der Waals surface area contributed by atoms with E-state index in [0.717, 1.165) is 0 Å². The summed E-state index contributed by atoms with van der Waals surface area (Å²) in [4.78, 5) is 21.4. The molecular weight excluding hydrogens is 278 g/mol. The van der Waals surface area contributed by atoms with E-state index in [0.29, 0.717) is 31.0 Å². The van der Waals surface area contributed by atoms with Gasteiger partial charge in [-0.15, -0.1) is 0 Å². The number of carbonyl (C=O) groups excluding carboxylic acids is 1. The third kappa shape index (κ3) is 5.36. The van der Waals surface area contributed by atoms with E-state index < -0.39 is 16.9 Å². The lowest BCUT2D eigenvalue weighted by molar-refractivity contribution is -0.384. The normalized spacial score (nSPS) is 11.9. The first-order valence-corrected chi connectivity index (χ1v) is 6.38. The molecule has 0 heterocycles. The van der Waals surface area contributed by atoms with Crippen molar-refractivity contribution in [3.05, 3.63) is 33.9 Å². The zero-order valence-corrected chi connectivity index (χ0v) is 12.0. The molecule has 1 unspecified atom stereocenters. The maximum absolute atomic E-state index is 11.0. The van der Waals surface area contributed by atoms with Crippen molar-refractivity contribution < 1.29 is 19.2 Å². The SMILES string of the molecule is COCCNCc1cc([N+](=O)[O-])ccc1OC(C)C(N)=O. The fourth-order valence-corrected chi connectivity index (χ4v) is 1.58. The lowest BCUT2D eigenvalue weighted by atomic mass is 10.1. The van der Waals surface area contributed by atoms with Gasteiger partial charge >= 0.3 is 0 Å². The second kappa shape index (κ2) is 8.18. The number of non-ortho nitro benzene ring substituents is 1. The van der Waals surface area contributed by atoms with Crippen LogP contribution < -0.4 is 15.8 Å². The number of benzene rings is 1. The quantitative estimate of drug-likeness (QED) is 0.391. The standard InChI is InChI=1S/C13H19N3O5/c1-9(13(14)17)21-12-4-3-11(16(18)19)7-10(12)8-15-5-6-20-2/h3-4,7,9,15H,5-6,8H2,1-2H3,(H2,14,17). The summed E-state index contributed by atoms with van der Waals surface area (Å²) >= 11 is 0. The molecule has 1 amide bonds. The summed E-state index contributed by atoms with van der Waals surface area (Å²) in [7, 11) is 1.58. The van der Waals surface area contributed by atoms with Gasteiger partial charge < -0.3 is 20.5 Å². The lowest BCUT2D eigenvalue weighted by Crippen LogP contribution is -2.31. The molecule has 0 aromatic heterocycles. The van der Waals surface area contributed by atoms with Crippen LogP contribution in [0.25, 0.3) is 0 Å². The number of nitrogens with two attached hydrogens (primary N) is 1. The number of hydrogen-bond acceptors (Lipinski definition) is 6. The summed E-state index contributed by atoms with van der Waals surface area (Å²) in [5.41, 5.74) is 5.68. The Labute approximate surface area is 122 Å². The van der Waals surface area contributed by atoms with Gasteiger partial charge in [0.25, 0.3) is 11.6 Å². The number of ether oxygens (including phenoxy) is 2. The van der Waals surface area contributed by atoms with Crippen molar-refractivity contribution in [2.45, 2.75) is 19.6 Å². The number of nitrogens with zero attached hydrogens (tertiary/aromatic N) is 1. The minimum absolute atomic E-state index is 0.0439. The van der Waals surface area contributed by atoms with Gasteiger partial charge in [0.1, 0.15) is 5.75 Å². The second-order valence-electron chi connectivity index (χ2n) is 4.38. The van der Waals surface area contributed by atoms with Crippen molar-refractivity contribution in [1.82, 2.24) is 5.32 Å². The van der Waals surface area contributed by atoms with E-state index in [4.69, 9.17) is 15.2 Å². The maximum atomic E-state index is 11.0. The van der Waals surface area contributed by atoms with Crippen LogP contribution >= 0.6 is 0 Å². The molecule has 1 atom stereocenters. The highest BCUT2D eigenvalue weighted by Gasteiger charge is 2.16.